The molecule has 0 aliphatic carbocycles. The maximum Gasteiger partial charge on any atom is 0.411 e. The Balaban J connectivity index is 4.49. The Hall–Kier alpha value is -0.980. The minimum atomic E-state index is -4.72. The molecule has 0 spiro atoms. The zero-order valence-electron chi connectivity index (χ0n) is 9.55. The topological polar surface area (TPSA) is 58.6 Å². The maximum absolute atomic E-state index is 12.3. The first kappa shape index (κ1) is 15.0. The van der Waals surface area contributed by atoms with E-state index in [1.165, 1.54) is 20.8 Å². The lowest BCUT2D eigenvalue weighted by molar-refractivity contribution is -0.174. The van der Waals surface area contributed by atoms with Crippen LogP contribution in [0.2, 0.25) is 0 Å². The molecule has 0 aliphatic heterocycles. The average Bonchev–Trinajstić information content (AvgIpc) is 1.93. The van der Waals surface area contributed by atoms with Gasteiger partial charge < -0.3 is 15.2 Å². The summed E-state index contributed by atoms with van der Waals surface area (Å²) in [5.74, 6) is 0. The molecule has 2 atom stereocenters. The van der Waals surface area contributed by atoms with Crippen molar-refractivity contribution < 1.29 is 27.8 Å². The van der Waals surface area contributed by atoms with Gasteiger partial charge >= 0.3 is 12.3 Å². The monoisotopic (exact) mass is 243 g/mol. The summed E-state index contributed by atoms with van der Waals surface area (Å²) in [5.41, 5.74) is -0.890. The Kier molecular flexibility index (Phi) is 4.60. The van der Waals surface area contributed by atoms with Crippen molar-refractivity contribution in [2.75, 3.05) is 0 Å². The van der Waals surface area contributed by atoms with Gasteiger partial charge in [-0.25, -0.2) is 4.79 Å². The third-order valence-electron chi connectivity index (χ3n) is 1.51. The number of halogens is 3. The molecule has 0 rings (SSSR count). The van der Waals surface area contributed by atoms with E-state index in [1.54, 1.807) is 5.32 Å². The molecular formula is C9H16F3NO3. The number of ether oxygens (including phenoxy) is 1. The van der Waals surface area contributed by atoms with Crippen molar-refractivity contribution in [3.05, 3.63) is 0 Å². The molecular weight excluding hydrogens is 227 g/mol. The predicted octanol–water partition coefficient (Wildman–Crippen LogP) is 1.82. The molecule has 0 heterocycles. The molecule has 0 saturated carbocycles. The number of aliphatic hydroxyl groups excluding tert-OH is 1. The van der Waals surface area contributed by atoms with E-state index >= 15 is 0 Å². The predicted molar refractivity (Wildman–Crippen MR) is 50.9 cm³/mol. The van der Waals surface area contributed by atoms with Crippen LogP contribution in [-0.4, -0.2) is 35.1 Å². The maximum atomic E-state index is 12.3. The van der Waals surface area contributed by atoms with E-state index in [0.29, 0.717) is 0 Å². The van der Waals surface area contributed by atoms with E-state index in [-0.39, 0.29) is 0 Å². The minimum absolute atomic E-state index is 0.890. The summed E-state index contributed by atoms with van der Waals surface area (Å²) >= 11 is 0. The summed E-state index contributed by atoms with van der Waals surface area (Å²) in [4.78, 5) is 11.1. The van der Waals surface area contributed by atoms with Crippen LogP contribution in [0.5, 0.6) is 0 Å². The number of carbonyl (C=O) groups excluding carboxylic acids is 1. The van der Waals surface area contributed by atoms with Gasteiger partial charge in [-0.05, 0) is 27.7 Å². The highest BCUT2D eigenvalue weighted by molar-refractivity contribution is 5.68. The first-order chi connectivity index (χ1) is 6.93. The van der Waals surface area contributed by atoms with Crippen molar-refractivity contribution in [2.45, 2.75) is 51.6 Å². The van der Waals surface area contributed by atoms with Crippen LogP contribution >= 0.6 is 0 Å². The summed E-state index contributed by atoms with van der Waals surface area (Å²) in [7, 11) is 0. The molecule has 0 aromatic heterocycles. The molecule has 0 saturated heterocycles. The Labute approximate surface area is 91.8 Å². The number of amides is 1. The van der Waals surface area contributed by atoms with Crippen molar-refractivity contribution in [1.82, 2.24) is 5.32 Å². The van der Waals surface area contributed by atoms with Crippen LogP contribution in [0.4, 0.5) is 18.0 Å². The molecule has 4 nitrogen and oxygen atoms in total. The highest BCUT2D eigenvalue weighted by Gasteiger charge is 2.44. The Morgan fingerprint density at radius 3 is 2.00 bits per heavy atom. The molecule has 0 aromatic carbocycles. The van der Waals surface area contributed by atoms with E-state index < -0.39 is 30.0 Å². The molecule has 1 amide bonds. The Morgan fingerprint density at radius 1 is 1.31 bits per heavy atom. The fourth-order valence-electron chi connectivity index (χ4n) is 0.910. The fraction of sp³-hybridized carbons (Fsp3) is 0.889. The van der Waals surface area contributed by atoms with Crippen molar-refractivity contribution in [1.29, 1.82) is 0 Å². The van der Waals surface area contributed by atoms with E-state index in [2.05, 4.69) is 4.74 Å². The molecule has 0 fully saturated rings. The first-order valence-corrected chi connectivity index (χ1v) is 4.68. The molecule has 0 radical (unpaired) electrons. The molecule has 0 unspecified atom stereocenters. The van der Waals surface area contributed by atoms with Crippen LogP contribution in [0, 0.1) is 0 Å². The second-order valence-corrected chi connectivity index (χ2v) is 4.41. The lowest BCUT2D eigenvalue weighted by Gasteiger charge is -2.26. The van der Waals surface area contributed by atoms with Crippen LogP contribution in [-0.2, 0) is 4.74 Å². The lowest BCUT2D eigenvalue weighted by Crippen LogP contribution is -2.52. The number of rotatable bonds is 2. The SMILES string of the molecule is C[C@@H](O)[C@H](NC(=O)OC(C)(C)C)C(F)(F)F. The zero-order valence-corrected chi connectivity index (χ0v) is 9.55. The smallest absolute Gasteiger partial charge is 0.411 e. The van der Waals surface area contributed by atoms with Gasteiger partial charge in [-0.1, -0.05) is 0 Å². The number of hydrogen-bond acceptors (Lipinski definition) is 3. The normalized spacial score (nSPS) is 16.5. The molecule has 2 N–H and O–H groups in total. The van der Waals surface area contributed by atoms with Gasteiger partial charge in [0.25, 0.3) is 0 Å². The van der Waals surface area contributed by atoms with Gasteiger partial charge in [0.15, 0.2) is 6.04 Å². The van der Waals surface area contributed by atoms with E-state index in [1.807, 2.05) is 0 Å². The van der Waals surface area contributed by atoms with Gasteiger partial charge in [0.2, 0.25) is 0 Å². The molecule has 0 bridgehead atoms. The minimum Gasteiger partial charge on any atom is -0.444 e. The molecule has 96 valence electrons. The van der Waals surface area contributed by atoms with E-state index in [4.69, 9.17) is 5.11 Å². The standard InChI is InChI=1S/C9H16F3NO3/c1-5(14)6(9(10,11)12)13-7(15)16-8(2,3)4/h5-6,14H,1-4H3,(H,13,15)/t5-,6+/m1/s1. The Bertz CT molecular complexity index is 245. The van der Waals surface area contributed by atoms with Crippen molar-refractivity contribution >= 4 is 6.09 Å². The second-order valence-electron chi connectivity index (χ2n) is 4.41. The summed E-state index contributed by atoms with van der Waals surface area (Å²) < 4.78 is 41.7. The van der Waals surface area contributed by atoms with Crippen molar-refractivity contribution in [3.63, 3.8) is 0 Å². The van der Waals surface area contributed by atoms with E-state index in [0.717, 1.165) is 6.92 Å². The lowest BCUT2D eigenvalue weighted by atomic mass is 10.2. The van der Waals surface area contributed by atoms with Gasteiger partial charge in [0.1, 0.15) is 5.60 Å². The molecule has 7 heteroatoms. The highest BCUT2D eigenvalue weighted by Crippen LogP contribution is 2.23. The van der Waals surface area contributed by atoms with Gasteiger partial charge in [0.05, 0.1) is 6.10 Å². The number of alkyl halides is 3. The van der Waals surface area contributed by atoms with Gasteiger partial charge in [0, 0.05) is 0 Å². The molecule has 0 aromatic rings. The fourth-order valence-corrected chi connectivity index (χ4v) is 0.910. The first-order valence-electron chi connectivity index (χ1n) is 4.68. The van der Waals surface area contributed by atoms with Crippen molar-refractivity contribution in [2.24, 2.45) is 0 Å². The summed E-state index contributed by atoms with van der Waals surface area (Å²) in [6.45, 7) is 5.52. The van der Waals surface area contributed by atoms with Crippen LogP contribution in [0.3, 0.4) is 0 Å². The third-order valence-corrected chi connectivity index (χ3v) is 1.51. The Morgan fingerprint density at radius 2 is 1.75 bits per heavy atom. The average molecular weight is 243 g/mol. The third kappa shape index (κ3) is 5.79. The van der Waals surface area contributed by atoms with Crippen LogP contribution < -0.4 is 5.32 Å². The van der Waals surface area contributed by atoms with E-state index in [9.17, 15) is 18.0 Å². The van der Waals surface area contributed by atoms with Gasteiger partial charge in [-0.2, -0.15) is 13.2 Å². The van der Waals surface area contributed by atoms with Crippen molar-refractivity contribution in [3.8, 4) is 0 Å². The number of carbonyl (C=O) groups is 1. The molecule has 0 aliphatic rings. The highest BCUT2D eigenvalue weighted by atomic mass is 19.4. The largest absolute Gasteiger partial charge is 0.444 e. The van der Waals surface area contributed by atoms with Crippen LogP contribution in [0.1, 0.15) is 27.7 Å². The number of hydrogen-bond donors (Lipinski definition) is 2. The van der Waals surface area contributed by atoms with Gasteiger partial charge in [-0.15, -0.1) is 0 Å². The number of nitrogens with one attached hydrogen (secondary N) is 1. The summed E-state index contributed by atoms with van der Waals surface area (Å²) in [5, 5.41) is 10.5. The number of alkyl carbamates (subject to hydrolysis) is 1. The second kappa shape index (κ2) is 4.90. The zero-order chi connectivity index (χ0) is 13.1. The quantitative estimate of drug-likeness (QED) is 0.777. The summed E-state index contributed by atoms with van der Waals surface area (Å²) in [6, 6.07) is -2.33. The van der Waals surface area contributed by atoms with Crippen LogP contribution in [0.15, 0.2) is 0 Å². The molecule has 16 heavy (non-hydrogen) atoms. The van der Waals surface area contributed by atoms with Gasteiger partial charge in [-0.3, -0.25) is 0 Å². The van der Waals surface area contributed by atoms with Crippen LogP contribution in [0.25, 0.3) is 0 Å². The number of aliphatic hydroxyl groups is 1. The summed E-state index contributed by atoms with van der Waals surface area (Å²) in [6.07, 6.45) is -7.67.